The summed E-state index contributed by atoms with van der Waals surface area (Å²) in [6.07, 6.45) is 2.22. The summed E-state index contributed by atoms with van der Waals surface area (Å²) in [5.41, 5.74) is 5.75. The third-order valence-corrected chi connectivity index (χ3v) is 3.07. The molecule has 0 spiro atoms. The summed E-state index contributed by atoms with van der Waals surface area (Å²) in [7, 11) is 0. The fourth-order valence-corrected chi connectivity index (χ4v) is 1.96. The van der Waals surface area contributed by atoms with Gasteiger partial charge >= 0.3 is 5.97 Å². The number of unbranched alkanes of at least 4 members (excludes halogenated alkanes) is 1. The minimum Gasteiger partial charge on any atom is -0.481 e. The van der Waals surface area contributed by atoms with Gasteiger partial charge in [0, 0.05) is 5.02 Å². The first kappa shape index (κ1) is 14.9. The van der Waals surface area contributed by atoms with Crippen molar-refractivity contribution in [3.63, 3.8) is 0 Å². The quantitative estimate of drug-likeness (QED) is 0.751. The number of hydrogen-bond donors (Lipinski definition) is 2. The summed E-state index contributed by atoms with van der Waals surface area (Å²) in [5, 5.41) is 9.41. The fraction of sp³-hybridized carbons (Fsp3) is 0.462. The Morgan fingerprint density at radius 2 is 2.17 bits per heavy atom. The van der Waals surface area contributed by atoms with E-state index in [4.69, 9.17) is 22.4 Å². The molecule has 1 atom stereocenters. The molecule has 1 aromatic carbocycles. The molecule has 18 heavy (non-hydrogen) atoms. The van der Waals surface area contributed by atoms with Gasteiger partial charge in [-0.05, 0) is 43.5 Å². The van der Waals surface area contributed by atoms with Crippen molar-refractivity contribution in [3.8, 4) is 0 Å². The Labute approximate surface area is 111 Å². The Morgan fingerprint density at radius 1 is 1.44 bits per heavy atom. The van der Waals surface area contributed by atoms with E-state index in [1.54, 1.807) is 6.07 Å². The van der Waals surface area contributed by atoms with Crippen LogP contribution in [0.5, 0.6) is 0 Å². The number of carboxylic acids is 1. The molecule has 5 heteroatoms. The van der Waals surface area contributed by atoms with Crippen LogP contribution in [0, 0.1) is 11.7 Å². The van der Waals surface area contributed by atoms with Crippen LogP contribution in [0.2, 0.25) is 5.02 Å². The number of halogens is 2. The van der Waals surface area contributed by atoms with E-state index in [0.717, 1.165) is 12.8 Å². The standard InChI is InChI=1S/C13H17ClFNO2/c14-11-5-4-9(12(15)8-11)7-10(13(17)18)3-1-2-6-16/h4-5,8,10H,1-3,6-7,16H2,(H,17,18). The molecular formula is C13H17ClFNO2. The van der Waals surface area contributed by atoms with Gasteiger partial charge in [0.25, 0.3) is 0 Å². The fourth-order valence-electron chi connectivity index (χ4n) is 1.80. The van der Waals surface area contributed by atoms with E-state index in [-0.39, 0.29) is 6.42 Å². The van der Waals surface area contributed by atoms with Crippen molar-refractivity contribution in [2.24, 2.45) is 11.7 Å². The van der Waals surface area contributed by atoms with Crippen LogP contribution in [-0.2, 0) is 11.2 Å². The van der Waals surface area contributed by atoms with Crippen LogP contribution in [-0.4, -0.2) is 17.6 Å². The SMILES string of the molecule is NCCCCC(Cc1ccc(Cl)cc1F)C(=O)O. The first-order valence-electron chi connectivity index (χ1n) is 5.91. The lowest BCUT2D eigenvalue weighted by molar-refractivity contribution is -0.142. The molecule has 0 saturated carbocycles. The van der Waals surface area contributed by atoms with Gasteiger partial charge in [-0.3, -0.25) is 4.79 Å². The smallest absolute Gasteiger partial charge is 0.306 e. The van der Waals surface area contributed by atoms with Crippen molar-refractivity contribution in [1.82, 2.24) is 0 Å². The topological polar surface area (TPSA) is 63.3 Å². The Morgan fingerprint density at radius 3 is 2.72 bits per heavy atom. The molecular weight excluding hydrogens is 257 g/mol. The minimum atomic E-state index is -0.902. The lowest BCUT2D eigenvalue weighted by atomic mass is 9.94. The highest BCUT2D eigenvalue weighted by Crippen LogP contribution is 2.20. The Hall–Kier alpha value is -1.13. The Kier molecular flexibility index (Phi) is 6.09. The highest BCUT2D eigenvalue weighted by Gasteiger charge is 2.19. The molecule has 0 bridgehead atoms. The molecule has 0 aliphatic carbocycles. The predicted octanol–water partition coefficient (Wildman–Crippen LogP) is 2.85. The van der Waals surface area contributed by atoms with Crippen molar-refractivity contribution in [3.05, 3.63) is 34.6 Å². The van der Waals surface area contributed by atoms with Crippen LogP contribution >= 0.6 is 11.6 Å². The van der Waals surface area contributed by atoms with Crippen molar-refractivity contribution in [2.45, 2.75) is 25.7 Å². The number of benzene rings is 1. The molecule has 3 N–H and O–H groups in total. The lowest BCUT2D eigenvalue weighted by Crippen LogP contribution is -2.17. The molecule has 0 radical (unpaired) electrons. The maximum absolute atomic E-state index is 13.6. The largest absolute Gasteiger partial charge is 0.481 e. The normalized spacial score (nSPS) is 12.4. The molecule has 0 saturated heterocycles. The number of hydrogen-bond acceptors (Lipinski definition) is 2. The van der Waals surface area contributed by atoms with Gasteiger partial charge in [-0.25, -0.2) is 4.39 Å². The molecule has 0 heterocycles. The van der Waals surface area contributed by atoms with Gasteiger partial charge in [0.2, 0.25) is 0 Å². The summed E-state index contributed by atoms with van der Waals surface area (Å²) >= 11 is 5.65. The Balaban J connectivity index is 2.67. The first-order valence-corrected chi connectivity index (χ1v) is 6.29. The van der Waals surface area contributed by atoms with E-state index in [9.17, 15) is 9.18 Å². The van der Waals surface area contributed by atoms with Gasteiger partial charge in [-0.15, -0.1) is 0 Å². The van der Waals surface area contributed by atoms with Gasteiger partial charge in [-0.1, -0.05) is 24.1 Å². The molecule has 0 aromatic heterocycles. The minimum absolute atomic E-state index is 0.183. The highest BCUT2D eigenvalue weighted by atomic mass is 35.5. The third kappa shape index (κ3) is 4.63. The van der Waals surface area contributed by atoms with Crippen molar-refractivity contribution in [2.75, 3.05) is 6.54 Å². The molecule has 0 fully saturated rings. The molecule has 1 unspecified atom stereocenters. The summed E-state index contributed by atoms with van der Waals surface area (Å²) in [6.45, 7) is 0.543. The zero-order chi connectivity index (χ0) is 13.5. The van der Waals surface area contributed by atoms with Gasteiger partial charge in [0.05, 0.1) is 5.92 Å². The molecule has 0 amide bonds. The third-order valence-electron chi connectivity index (χ3n) is 2.84. The number of carbonyl (C=O) groups is 1. The van der Waals surface area contributed by atoms with E-state index in [1.165, 1.54) is 12.1 Å². The van der Waals surface area contributed by atoms with E-state index >= 15 is 0 Å². The van der Waals surface area contributed by atoms with Crippen LogP contribution in [0.1, 0.15) is 24.8 Å². The van der Waals surface area contributed by atoms with Crippen LogP contribution < -0.4 is 5.73 Å². The summed E-state index contributed by atoms with van der Waals surface area (Å²) in [4.78, 5) is 11.1. The number of carboxylic acid groups (broad SMARTS) is 1. The zero-order valence-electron chi connectivity index (χ0n) is 10.0. The van der Waals surface area contributed by atoms with Crippen LogP contribution in [0.4, 0.5) is 4.39 Å². The summed E-state index contributed by atoms with van der Waals surface area (Å²) < 4.78 is 13.6. The maximum Gasteiger partial charge on any atom is 0.306 e. The van der Waals surface area contributed by atoms with Gasteiger partial charge in [0.1, 0.15) is 5.82 Å². The van der Waals surface area contributed by atoms with Crippen LogP contribution in [0.3, 0.4) is 0 Å². The number of rotatable bonds is 7. The van der Waals surface area contributed by atoms with E-state index < -0.39 is 17.7 Å². The van der Waals surface area contributed by atoms with E-state index in [1.807, 2.05) is 0 Å². The number of aliphatic carboxylic acids is 1. The second kappa shape index (κ2) is 7.34. The average Bonchev–Trinajstić information content (AvgIpc) is 2.30. The van der Waals surface area contributed by atoms with Crippen molar-refractivity contribution >= 4 is 17.6 Å². The van der Waals surface area contributed by atoms with Crippen molar-refractivity contribution in [1.29, 1.82) is 0 Å². The lowest BCUT2D eigenvalue weighted by Gasteiger charge is -2.12. The second-order valence-corrected chi connectivity index (χ2v) is 4.70. The van der Waals surface area contributed by atoms with Crippen LogP contribution in [0.15, 0.2) is 18.2 Å². The molecule has 3 nitrogen and oxygen atoms in total. The molecule has 100 valence electrons. The van der Waals surface area contributed by atoms with E-state index in [0.29, 0.717) is 23.6 Å². The highest BCUT2D eigenvalue weighted by molar-refractivity contribution is 6.30. The van der Waals surface area contributed by atoms with Crippen LogP contribution in [0.25, 0.3) is 0 Å². The Bertz CT molecular complexity index is 412. The van der Waals surface area contributed by atoms with Crippen molar-refractivity contribution < 1.29 is 14.3 Å². The monoisotopic (exact) mass is 273 g/mol. The predicted molar refractivity (Wildman–Crippen MR) is 69.1 cm³/mol. The van der Waals surface area contributed by atoms with Gasteiger partial charge in [0.15, 0.2) is 0 Å². The van der Waals surface area contributed by atoms with E-state index in [2.05, 4.69) is 0 Å². The number of nitrogens with two attached hydrogens (primary N) is 1. The summed E-state index contributed by atoms with van der Waals surface area (Å²) in [6, 6.07) is 4.31. The molecule has 0 aliphatic heterocycles. The molecule has 1 aromatic rings. The first-order chi connectivity index (χ1) is 8.54. The second-order valence-electron chi connectivity index (χ2n) is 4.26. The zero-order valence-corrected chi connectivity index (χ0v) is 10.8. The molecule has 0 aliphatic rings. The molecule has 1 rings (SSSR count). The maximum atomic E-state index is 13.6. The average molecular weight is 274 g/mol. The van der Waals surface area contributed by atoms with Gasteiger partial charge in [-0.2, -0.15) is 0 Å². The van der Waals surface area contributed by atoms with Gasteiger partial charge < -0.3 is 10.8 Å². The summed E-state index contributed by atoms with van der Waals surface area (Å²) in [5.74, 6) is -1.93.